The van der Waals surface area contributed by atoms with Crippen LogP contribution in [0.5, 0.6) is 17.2 Å². The first-order valence-electron chi connectivity index (χ1n) is 6.21. The molecule has 0 heterocycles. The molecule has 0 atom stereocenters. The molecule has 0 fully saturated rings. The molecule has 0 spiro atoms. The topological polar surface area (TPSA) is 44.8 Å². The second-order valence-electron chi connectivity index (χ2n) is 4.24. The summed E-state index contributed by atoms with van der Waals surface area (Å²) in [6.45, 7) is 0. The Morgan fingerprint density at radius 1 is 0.857 bits per heavy atom. The number of rotatable bonds is 5. The lowest BCUT2D eigenvalue weighted by atomic mass is 10.0. The molecule has 5 heteroatoms. The van der Waals surface area contributed by atoms with Crippen molar-refractivity contribution in [3.05, 3.63) is 53.3 Å². The molecule has 0 saturated heterocycles. The van der Waals surface area contributed by atoms with E-state index in [2.05, 4.69) is 0 Å². The molecule has 0 amide bonds. The van der Waals surface area contributed by atoms with Gasteiger partial charge in [0.15, 0.2) is 0 Å². The summed E-state index contributed by atoms with van der Waals surface area (Å²) in [4.78, 5) is 12.6. The van der Waals surface area contributed by atoms with Crippen molar-refractivity contribution < 1.29 is 23.4 Å². The maximum atomic E-state index is 13.4. The Balaban J connectivity index is 2.56. The Morgan fingerprint density at radius 3 is 2.00 bits per heavy atom. The van der Waals surface area contributed by atoms with Gasteiger partial charge in [-0.1, -0.05) is 0 Å². The van der Waals surface area contributed by atoms with E-state index in [4.69, 9.17) is 14.2 Å². The number of ether oxygens (including phenoxy) is 3. The first-order chi connectivity index (χ1) is 10.1. The van der Waals surface area contributed by atoms with Crippen LogP contribution in [0.3, 0.4) is 0 Å². The number of halogens is 1. The minimum atomic E-state index is -0.513. The number of methoxy groups -OCH3 is 3. The predicted octanol–water partition coefficient (Wildman–Crippen LogP) is 3.08. The van der Waals surface area contributed by atoms with E-state index in [1.54, 1.807) is 18.2 Å². The maximum absolute atomic E-state index is 13.4. The molecular weight excluding hydrogens is 275 g/mol. The maximum Gasteiger partial charge on any atom is 0.200 e. The summed E-state index contributed by atoms with van der Waals surface area (Å²) in [6.07, 6.45) is 0. The molecule has 2 aromatic rings. The average Bonchev–Trinajstić information content (AvgIpc) is 2.53. The summed E-state index contributed by atoms with van der Waals surface area (Å²) in [5.74, 6) is 0.274. The molecule has 2 aromatic carbocycles. The van der Waals surface area contributed by atoms with Gasteiger partial charge in [-0.2, -0.15) is 0 Å². The predicted molar refractivity (Wildman–Crippen MR) is 75.9 cm³/mol. The van der Waals surface area contributed by atoms with Crippen molar-refractivity contribution in [3.8, 4) is 17.2 Å². The fourth-order valence-corrected chi connectivity index (χ4v) is 1.99. The van der Waals surface area contributed by atoms with E-state index in [0.29, 0.717) is 17.2 Å². The Labute approximate surface area is 122 Å². The van der Waals surface area contributed by atoms with E-state index in [1.807, 2.05) is 0 Å². The van der Waals surface area contributed by atoms with Crippen LogP contribution in [0.4, 0.5) is 4.39 Å². The highest BCUT2D eigenvalue weighted by Crippen LogP contribution is 2.29. The molecular formula is C16H15FO4. The Bertz CT molecular complexity index is 667. The summed E-state index contributed by atoms with van der Waals surface area (Å²) in [6, 6.07) is 8.63. The Kier molecular flexibility index (Phi) is 4.42. The van der Waals surface area contributed by atoms with Crippen LogP contribution in [0.2, 0.25) is 0 Å². The van der Waals surface area contributed by atoms with Crippen LogP contribution in [0.1, 0.15) is 15.9 Å². The SMILES string of the molecule is COc1ccc(OC)c(C(=O)c2cc(F)ccc2OC)c1. The van der Waals surface area contributed by atoms with E-state index >= 15 is 0 Å². The molecule has 0 aliphatic carbocycles. The van der Waals surface area contributed by atoms with E-state index < -0.39 is 11.6 Å². The summed E-state index contributed by atoms with van der Waals surface area (Å²) >= 11 is 0. The fourth-order valence-electron chi connectivity index (χ4n) is 1.99. The first-order valence-corrected chi connectivity index (χ1v) is 6.21. The quantitative estimate of drug-likeness (QED) is 0.794. The van der Waals surface area contributed by atoms with Crippen molar-refractivity contribution in [1.82, 2.24) is 0 Å². The third-order valence-electron chi connectivity index (χ3n) is 3.06. The summed E-state index contributed by atoms with van der Waals surface area (Å²) < 4.78 is 28.8. The standard InChI is InChI=1S/C16H15FO4/c1-19-11-5-7-15(21-3)13(9-11)16(18)12-8-10(17)4-6-14(12)20-2/h4-9H,1-3H3. The smallest absolute Gasteiger partial charge is 0.200 e. The van der Waals surface area contributed by atoms with Crippen LogP contribution in [-0.2, 0) is 0 Å². The van der Waals surface area contributed by atoms with Crippen molar-refractivity contribution >= 4 is 5.78 Å². The summed E-state index contributed by atoms with van der Waals surface area (Å²) in [7, 11) is 4.38. The van der Waals surface area contributed by atoms with Gasteiger partial charge in [0.25, 0.3) is 0 Å². The van der Waals surface area contributed by atoms with Crippen LogP contribution < -0.4 is 14.2 Å². The minimum Gasteiger partial charge on any atom is -0.497 e. The van der Waals surface area contributed by atoms with Gasteiger partial charge in [-0.15, -0.1) is 0 Å². The summed E-state index contributed by atoms with van der Waals surface area (Å²) in [5, 5.41) is 0. The zero-order chi connectivity index (χ0) is 15.4. The Hall–Kier alpha value is -2.56. The largest absolute Gasteiger partial charge is 0.497 e. The van der Waals surface area contributed by atoms with Crippen LogP contribution in [-0.4, -0.2) is 27.1 Å². The molecule has 0 aromatic heterocycles. The van der Waals surface area contributed by atoms with Gasteiger partial charge in [-0.05, 0) is 36.4 Å². The van der Waals surface area contributed by atoms with Crippen molar-refractivity contribution in [3.63, 3.8) is 0 Å². The van der Waals surface area contributed by atoms with Gasteiger partial charge in [0.05, 0.1) is 32.5 Å². The molecule has 0 N–H and O–H groups in total. The van der Waals surface area contributed by atoms with Crippen LogP contribution in [0.25, 0.3) is 0 Å². The van der Waals surface area contributed by atoms with Crippen molar-refractivity contribution in [2.45, 2.75) is 0 Å². The van der Waals surface area contributed by atoms with Crippen molar-refractivity contribution in [2.75, 3.05) is 21.3 Å². The molecule has 0 radical (unpaired) electrons. The first kappa shape index (κ1) is 14.8. The van der Waals surface area contributed by atoms with Gasteiger partial charge in [0, 0.05) is 0 Å². The molecule has 0 saturated carbocycles. The van der Waals surface area contributed by atoms with Crippen molar-refractivity contribution in [2.24, 2.45) is 0 Å². The third kappa shape index (κ3) is 2.97. The van der Waals surface area contributed by atoms with E-state index in [9.17, 15) is 9.18 Å². The lowest BCUT2D eigenvalue weighted by Crippen LogP contribution is -2.07. The van der Waals surface area contributed by atoms with Gasteiger partial charge in [-0.3, -0.25) is 4.79 Å². The van der Waals surface area contributed by atoms with Gasteiger partial charge in [0.1, 0.15) is 23.1 Å². The minimum absolute atomic E-state index is 0.129. The number of benzene rings is 2. The molecule has 21 heavy (non-hydrogen) atoms. The second-order valence-corrected chi connectivity index (χ2v) is 4.24. The molecule has 0 aliphatic heterocycles. The van der Waals surface area contributed by atoms with Gasteiger partial charge < -0.3 is 14.2 Å². The second kappa shape index (κ2) is 6.26. The van der Waals surface area contributed by atoms with Gasteiger partial charge >= 0.3 is 0 Å². The molecule has 2 rings (SSSR count). The van der Waals surface area contributed by atoms with E-state index in [-0.39, 0.29) is 11.1 Å². The number of carbonyl (C=O) groups is 1. The van der Waals surface area contributed by atoms with Crippen LogP contribution in [0.15, 0.2) is 36.4 Å². The molecule has 0 bridgehead atoms. The fraction of sp³-hybridized carbons (Fsp3) is 0.188. The number of hydrogen-bond donors (Lipinski definition) is 0. The molecule has 4 nitrogen and oxygen atoms in total. The highest BCUT2D eigenvalue weighted by atomic mass is 19.1. The monoisotopic (exact) mass is 290 g/mol. The zero-order valence-corrected chi connectivity index (χ0v) is 12.0. The van der Waals surface area contributed by atoms with Gasteiger partial charge in [0.2, 0.25) is 5.78 Å². The highest BCUT2D eigenvalue weighted by molar-refractivity contribution is 6.12. The lowest BCUT2D eigenvalue weighted by Gasteiger charge is -2.12. The normalized spacial score (nSPS) is 10.1. The lowest BCUT2D eigenvalue weighted by molar-refractivity contribution is 0.103. The third-order valence-corrected chi connectivity index (χ3v) is 3.06. The number of ketones is 1. The van der Waals surface area contributed by atoms with Gasteiger partial charge in [-0.25, -0.2) is 4.39 Å². The zero-order valence-electron chi connectivity index (χ0n) is 12.0. The average molecular weight is 290 g/mol. The molecule has 0 unspecified atom stereocenters. The van der Waals surface area contributed by atoms with Crippen molar-refractivity contribution in [1.29, 1.82) is 0 Å². The Morgan fingerprint density at radius 2 is 1.43 bits per heavy atom. The van der Waals surface area contributed by atoms with Crippen LogP contribution >= 0.6 is 0 Å². The molecule has 110 valence electrons. The number of carbonyl (C=O) groups excluding carboxylic acids is 1. The summed E-state index contributed by atoms with van der Waals surface area (Å²) in [5.41, 5.74) is 0.407. The number of hydrogen-bond acceptors (Lipinski definition) is 4. The van der Waals surface area contributed by atoms with E-state index in [1.165, 1.54) is 33.5 Å². The van der Waals surface area contributed by atoms with E-state index in [0.717, 1.165) is 6.07 Å². The molecule has 0 aliphatic rings. The highest BCUT2D eigenvalue weighted by Gasteiger charge is 2.20. The van der Waals surface area contributed by atoms with Crippen LogP contribution in [0, 0.1) is 5.82 Å².